The molecule has 3 aromatic rings. The number of benzene rings is 1. The van der Waals surface area contributed by atoms with Gasteiger partial charge in [-0.05, 0) is 53.4 Å². The monoisotopic (exact) mass is 481 g/mol. The van der Waals surface area contributed by atoms with Crippen LogP contribution in [0.2, 0.25) is 0 Å². The van der Waals surface area contributed by atoms with Crippen LogP contribution in [0.1, 0.15) is 82.9 Å². The maximum Gasteiger partial charge on any atom is 0.162 e. The first-order valence-electron chi connectivity index (χ1n) is 13.3. The van der Waals surface area contributed by atoms with E-state index in [1.165, 1.54) is 16.7 Å². The molecule has 3 heterocycles. The molecule has 0 fully saturated rings. The smallest absolute Gasteiger partial charge is 0.162 e. The second-order valence-corrected chi connectivity index (χ2v) is 11.5. The zero-order valence-electron chi connectivity index (χ0n) is 22.9. The summed E-state index contributed by atoms with van der Waals surface area (Å²) in [4.78, 5) is 17.1. The molecule has 2 aromatic heterocycles. The van der Waals surface area contributed by atoms with Gasteiger partial charge in [-0.1, -0.05) is 71.9 Å². The van der Waals surface area contributed by atoms with Crippen LogP contribution in [0.4, 0.5) is 17.2 Å². The highest BCUT2D eigenvalue weighted by atomic mass is 15.2. The van der Waals surface area contributed by atoms with Crippen molar-refractivity contribution in [1.82, 2.24) is 15.0 Å². The Morgan fingerprint density at radius 1 is 0.944 bits per heavy atom. The van der Waals surface area contributed by atoms with E-state index in [0.717, 1.165) is 28.6 Å². The van der Waals surface area contributed by atoms with E-state index in [1.807, 2.05) is 18.6 Å². The predicted molar refractivity (Wildman–Crippen MR) is 150 cm³/mol. The summed E-state index contributed by atoms with van der Waals surface area (Å²) >= 11 is 0. The number of fused-ring (bicyclic) bond motifs is 3. The topological polar surface area (TPSA) is 53.9 Å². The molecule has 0 bridgehead atoms. The Bertz CT molecular complexity index is 1280. The van der Waals surface area contributed by atoms with Gasteiger partial charge in [0.25, 0.3) is 0 Å². The Morgan fingerprint density at radius 3 is 2.22 bits per heavy atom. The van der Waals surface area contributed by atoms with Crippen LogP contribution in [-0.4, -0.2) is 28.0 Å². The highest BCUT2D eigenvalue weighted by Crippen LogP contribution is 2.53. The minimum Gasteiger partial charge on any atom is -0.354 e. The van der Waals surface area contributed by atoms with E-state index >= 15 is 0 Å². The van der Waals surface area contributed by atoms with E-state index in [-0.39, 0.29) is 11.5 Å². The average Bonchev–Trinajstić information content (AvgIpc) is 2.86. The van der Waals surface area contributed by atoms with Gasteiger partial charge in [-0.15, -0.1) is 0 Å². The lowest BCUT2D eigenvalue weighted by atomic mass is 9.58. The van der Waals surface area contributed by atoms with Crippen LogP contribution in [0.3, 0.4) is 0 Å². The summed E-state index contributed by atoms with van der Waals surface area (Å²) in [5.74, 6) is 3.21. The number of pyridine rings is 1. The normalized spacial score (nSPS) is 25.1. The fraction of sp³-hybridized carbons (Fsp3) is 0.452. The van der Waals surface area contributed by atoms with E-state index in [1.54, 1.807) is 0 Å². The number of nitrogens with one attached hydrogen (secondary N) is 1. The van der Waals surface area contributed by atoms with Crippen molar-refractivity contribution in [3.05, 3.63) is 71.7 Å². The van der Waals surface area contributed by atoms with Crippen molar-refractivity contribution in [1.29, 1.82) is 0 Å². The molecule has 1 aromatic carbocycles. The maximum atomic E-state index is 5.28. The van der Waals surface area contributed by atoms with Gasteiger partial charge in [0, 0.05) is 42.1 Å². The van der Waals surface area contributed by atoms with Crippen molar-refractivity contribution in [3.63, 3.8) is 0 Å². The largest absolute Gasteiger partial charge is 0.354 e. The van der Waals surface area contributed by atoms with Gasteiger partial charge < -0.3 is 10.2 Å². The van der Waals surface area contributed by atoms with Crippen molar-refractivity contribution in [2.24, 2.45) is 11.3 Å². The first-order chi connectivity index (χ1) is 17.1. The van der Waals surface area contributed by atoms with Gasteiger partial charge in [-0.25, -0.2) is 9.97 Å². The second kappa shape index (κ2) is 9.02. The van der Waals surface area contributed by atoms with Crippen molar-refractivity contribution < 1.29 is 0 Å². The number of hydrogen-bond donors (Lipinski definition) is 1. The SMILES string of the molecule is CC(C)c1cncc(C(C)C)c1-c1ncc2c(n1)N(C)C(C)C1(C)C=CC1C(C)c1ccccc1N2. The van der Waals surface area contributed by atoms with E-state index < -0.39 is 0 Å². The van der Waals surface area contributed by atoms with E-state index in [4.69, 9.17) is 9.97 Å². The van der Waals surface area contributed by atoms with Crippen molar-refractivity contribution >= 4 is 17.2 Å². The molecule has 0 radical (unpaired) electrons. The summed E-state index contributed by atoms with van der Waals surface area (Å²) in [6.45, 7) is 15.9. The van der Waals surface area contributed by atoms with Gasteiger partial charge in [0.05, 0.1) is 6.20 Å². The molecule has 0 amide bonds. The highest BCUT2D eigenvalue weighted by molar-refractivity contribution is 5.77. The molecule has 1 aliphatic heterocycles. The molecule has 0 saturated carbocycles. The van der Waals surface area contributed by atoms with Gasteiger partial charge in [-0.2, -0.15) is 0 Å². The number of para-hydroxylation sites is 1. The Morgan fingerprint density at radius 2 is 1.61 bits per heavy atom. The lowest BCUT2D eigenvalue weighted by molar-refractivity contribution is 0.190. The Kier molecular flexibility index (Phi) is 6.14. The number of rotatable bonds is 3. The van der Waals surface area contributed by atoms with Crippen LogP contribution in [0.25, 0.3) is 11.4 Å². The molecule has 4 atom stereocenters. The molecule has 5 nitrogen and oxygen atoms in total. The van der Waals surface area contributed by atoms with Gasteiger partial charge in [0.2, 0.25) is 0 Å². The van der Waals surface area contributed by atoms with E-state index in [9.17, 15) is 0 Å². The van der Waals surface area contributed by atoms with Crippen LogP contribution in [0, 0.1) is 11.3 Å². The van der Waals surface area contributed by atoms with Crippen LogP contribution in [-0.2, 0) is 0 Å². The van der Waals surface area contributed by atoms with Gasteiger partial charge in [-0.3, -0.25) is 4.98 Å². The standard InChI is InChI=1S/C31H39N5/c1-18(2)23-15-32-16-24(19(3)4)28(23)29-33-17-27-30(35-29)36(8)21(6)31(7)14-13-25(31)20(5)22-11-9-10-12-26(22)34-27/h9-21,25,34H,1-8H3. The summed E-state index contributed by atoms with van der Waals surface area (Å²) < 4.78 is 0. The molecule has 36 heavy (non-hydrogen) atoms. The van der Waals surface area contributed by atoms with Gasteiger partial charge in [0.15, 0.2) is 11.6 Å². The minimum atomic E-state index is 0.0455. The highest BCUT2D eigenvalue weighted by Gasteiger charge is 2.47. The number of aromatic nitrogens is 3. The number of anilines is 3. The van der Waals surface area contributed by atoms with Crippen LogP contribution < -0.4 is 10.2 Å². The average molecular weight is 482 g/mol. The molecule has 1 aliphatic carbocycles. The third-order valence-electron chi connectivity index (χ3n) is 8.70. The van der Waals surface area contributed by atoms with Crippen molar-refractivity contribution in [2.45, 2.75) is 72.3 Å². The molecule has 5 rings (SSSR count). The molecule has 0 saturated heterocycles. The molecule has 4 unspecified atom stereocenters. The summed E-state index contributed by atoms with van der Waals surface area (Å²) in [5, 5.41) is 3.71. The number of nitrogens with zero attached hydrogens (tertiary/aromatic N) is 4. The minimum absolute atomic E-state index is 0.0455. The van der Waals surface area contributed by atoms with E-state index in [2.05, 4.69) is 107 Å². The third-order valence-corrected chi connectivity index (χ3v) is 8.70. The molecule has 2 aliphatic rings. The fourth-order valence-corrected chi connectivity index (χ4v) is 6.06. The molecular formula is C31H39N5. The number of allylic oxidation sites excluding steroid dienone is 1. The van der Waals surface area contributed by atoms with Crippen LogP contribution in [0.5, 0.6) is 0 Å². The van der Waals surface area contributed by atoms with Crippen molar-refractivity contribution in [3.8, 4) is 11.4 Å². The zero-order valence-corrected chi connectivity index (χ0v) is 22.9. The molecular weight excluding hydrogens is 442 g/mol. The quantitative estimate of drug-likeness (QED) is 0.389. The Hall–Kier alpha value is -3.21. The molecule has 5 heteroatoms. The second-order valence-electron chi connectivity index (χ2n) is 11.5. The summed E-state index contributed by atoms with van der Waals surface area (Å²) in [5.41, 5.74) is 6.95. The van der Waals surface area contributed by atoms with Crippen LogP contribution in [0.15, 0.2) is 55.0 Å². The van der Waals surface area contributed by atoms with Crippen LogP contribution >= 0.6 is 0 Å². The van der Waals surface area contributed by atoms with E-state index in [0.29, 0.717) is 23.7 Å². The Balaban J connectivity index is 1.73. The lowest BCUT2D eigenvalue weighted by Crippen LogP contribution is -2.51. The molecule has 0 spiro atoms. The summed E-state index contributed by atoms with van der Waals surface area (Å²) in [7, 11) is 2.17. The van der Waals surface area contributed by atoms with Gasteiger partial charge in [0.1, 0.15) is 5.69 Å². The summed E-state index contributed by atoms with van der Waals surface area (Å²) in [6, 6.07) is 8.93. The predicted octanol–water partition coefficient (Wildman–Crippen LogP) is 7.66. The van der Waals surface area contributed by atoms with Crippen molar-refractivity contribution in [2.75, 3.05) is 17.3 Å². The first kappa shape index (κ1) is 24.5. The van der Waals surface area contributed by atoms with Gasteiger partial charge >= 0.3 is 0 Å². The fourth-order valence-electron chi connectivity index (χ4n) is 6.06. The maximum absolute atomic E-state index is 5.28. The summed E-state index contributed by atoms with van der Waals surface area (Å²) in [6.07, 6.45) is 10.7. The lowest BCUT2D eigenvalue weighted by Gasteiger charge is -2.51. The molecule has 188 valence electrons. The Labute approximate surface area is 216 Å². The molecule has 1 N–H and O–H groups in total. The zero-order chi connectivity index (χ0) is 25.8. The first-order valence-corrected chi connectivity index (χ1v) is 13.3. The third kappa shape index (κ3) is 3.80. The number of hydrogen-bond acceptors (Lipinski definition) is 5.